The van der Waals surface area contributed by atoms with Crippen LogP contribution in [0.1, 0.15) is 58.8 Å². The number of nitrogens with zero attached hydrogens (tertiary/aromatic N) is 2. The highest BCUT2D eigenvalue weighted by Crippen LogP contribution is 2.42. The highest BCUT2D eigenvalue weighted by atomic mass is 127. The second-order valence-corrected chi connectivity index (χ2v) is 19.6. The van der Waals surface area contributed by atoms with Crippen LogP contribution < -0.4 is 4.74 Å². The van der Waals surface area contributed by atoms with Gasteiger partial charge in [-0.3, -0.25) is 9.69 Å². The lowest BCUT2D eigenvalue weighted by Crippen LogP contribution is -2.58. The van der Waals surface area contributed by atoms with Gasteiger partial charge < -0.3 is 28.6 Å². The first kappa shape index (κ1) is 38.3. The minimum Gasteiger partial charge on any atom is -0.504 e. The number of rotatable bonds is 11. The van der Waals surface area contributed by atoms with Gasteiger partial charge in [0.1, 0.15) is 23.8 Å². The van der Waals surface area contributed by atoms with Gasteiger partial charge in [-0.1, -0.05) is 39.0 Å². The van der Waals surface area contributed by atoms with E-state index in [1.165, 1.54) is 44.2 Å². The molecule has 0 aliphatic rings. The average Bonchev–Trinajstić information content (AvgIpc) is 2.93. The van der Waals surface area contributed by atoms with E-state index < -0.39 is 50.1 Å². The first-order chi connectivity index (χ1) is 20.6. The molecule has 0 saturated carbocycles. The highest BCUT2D eigenvalue weighted by Gasteiger charge is 2.47. The van der Waals surface area contributed by atoms with Crippen molar-refractivity contribution in [2.75, 3.05) is 28.3 Å². The standard InChI is InChI=1S/C33H49IN2O8Si/c1-32(2,3)43-31(40)36(8)27(28(22-14-16-23(34)17-15-22)44-45(11,12)33(4,5)6)29(38)35(7)24(30(39)42-10)19-21-13-18-26(41-9)25(37)20-21/h13-18,20,24,27-28,37H,19H2,1-12H3/t24-,27-,28-/m0/s1. The van der Waals surface area contributed by atoms with Crippen molar-refractivity contribution in [1.29, 1.82) is 0 Å². The SMILES string of the molecule is COC(=O)[C@H](Cc1ccc(OC)c(O)c1)N(C)C(=O)[C@H]([C@@H](O[Si](C)(C)C(C)(C)C)c1ccc(I)cc1)N(C)C(=O)OC(C)(C)C. The molecule has 45 heavy (non-hydrogen) atoms. The van der Waals surface area contributed by atoms with Crippen molar-refractivity contribution in [1.82, 2.24) is 9.80 Å². The Morgan fingerprint density at radius 1 is 0.933 bits per heavy atom. The fourth-order valence-corrected chi connectivity index (χ4v) is 5.98. The number of benzene rings is 2. The summed E-state index contributed by atoms with van der Waals surface area (Å²) in [5.74, 6) is -1.02. The molecule has 0 heterocycles. The van der Waals surface area contributed by atoms with Gasteiger partial charge in [0.2, 0.25) is 5.91 Å². The van der Waals surface area contributed by atoms with E-state index in [2.05, 4.69) is 56.5 Å². The molecule has 2 amide bonds. The van der Waals surface area contributed by atoms with E-state index in [-0.39, 0.29) is 23.0 Å². The van der Waals surface area contributed by atoms with Crippen molar-refractivity contribution in [3.05, 3.63) is 57.2 Å². The summed E-state index contributed by atoms with van der Waals surface area (Å²) < 4.78 is 23.9. The number of likely N-dealkylation sites (N-methyl/N-ethyl adjacent to an activating group) is 2. The molecule has 0 aromatic heterocycles. The molecule has 250 valence electrons. The van der Waals surface area contributed by atoms with Crippen LogP contribution in [0, 0.1) is 3.57 Å². The van der Waals surface area contributed by atoms with Crippen LogP contribution in [0.25, 0.3) is 0 Å². The van der Waals surface area contributed by atoms with Gasteiger partial charge >= 0.3 is 12.1 Å². The monoisotopic (exact) mass is 756 g/mol. The Balaban J connectivity index is 2.73. The number of esters is 1. The smallest absolute Gasteiger partial charge is 0.410 e. The molecule has 1 N–H and O–H groups in total. The first-order valence-electron chi connectivity index (χ1n) is 14.7. The zero-order valence-electron chi connectivity index (χ0n) is 28.6. The Hall–Kier alpha value is -2.84. The molecule has 2 aromatic carbocycles. The van der Waals surface area contributed by atoms with Crippen molar-refractivity contribution >= 4 is 48.9 Å². The molecule has 10 nitrogen and oxygen atoms in total. The maximum atomic E-state index is 14.7. The maximum Gasteiger partial charge on any atom is 0.410 e. The lowest BCUT2D eigenvalue weighted by Gasteiger charge is -2.44. The lowest BCUT2D eigenvalue weighted by molar-refractivity contribution is -0.155. The predicted octanol–water partition coefficient (Wildman–Crippen LogP) is 6.55. The van der Waals surface area contributed by atoms with E-state index in [4.69, 9.17) is 18.6 Å². The van der Waals surface area contributed by atoms with E-state index >= 15 is 0 Å². The number of hydrogen-bond acceptors (Lipinski definition) is 8. The Bertz CT molecular complexity index is 1340. The number of carbonyl (C=O) groups is 3. The first-order valence-corrected chi connectivity index (χ1v) is 18.7. The summed E-state index contributed by atoms with van der Waals surface area (Å²) in [4.78, 5) is 44.0. The van der Waals surface area contributed by atoms with Crippen molar-refractivity contribution in [3.8, 4) is 11.5 Å². The number of hydrogen-bond donors (Lipinski definition) is 1. The minimum atomic E-state index is -2.55. The molecule has 0 spiro atoms. The molecule has 0 aliphatic carbocycles. The molecule has 0 bridgehead atoms. The number of ether oxygens (including phenoxy) is 3. The van der Waals surface area contributed by atoms with Crippen LogP contribution in [0.5, 0.6) is 11.5 Å². The molecule has 0 unspecified atom stereocenters. The number of carbonyl (C=O) groups excluding carboxylic acids is 3. The quantitative estimate of drug-likeness (QED) is 0.156. The number of methoxy groups -OCH3 is 2. The molecular formula is C33H49IN2O8Si. The fourth-order valence-electron chi connectivity index (χ4n) is 4.37. The van der Waals surface area contributed by atoms with Gasteiger partial charge in [-0.15, -0.1) is 0 Å². The molecule has 0 saturated heterocycles. The topological polar surface area (TPSA) is 115 Å². The van der Waals surface area contributed by atoms with Crippen LogP contribution in [-0.4, -0.2) is 87.2 Å². The summed E-state index contributed by atoms with van der Waals surface area (Å²) in [5.41, 5.74) is 0.457. The Labute approximate surface area is 282 Å². The van der Waals surface area contributed by atoms with Crippen LogP contribution in [0.2, 0.25) is 18.1 Å². The Kier molecular flexibility index (Phi) is 12.9. The third kappa shape index (κ3) is 10.1. The number of aromatic hydroxyl groups is 1. The largest absolute Gasteiger partial charge is 0.504 e. The summed E-state index contributed by atoms with van der Waals surface area (Å²) in [5, 5.41) is 10.1. The van der Waals surface area contributed by atoms with E-state index in [1.54, 1.807) is 32.9 Å². The van der Waals surface area contributed by atoms with Gasteiger partial charge in [-0.25, -0.2) is 9.59 Å². The molecule has 0 fully saturated rings. The van der Waals surface area contributed by atoms with Gasteiger partial charge in [0.25, 0.3) is 0 Å². The van der Waals surface area contributed by atoms with Crippen LogP contribution in [-0.2, 0) is 29.9 Å². The zero-order chi connectivity index (χ0) is 34.5. The van der Waals surface area contributed by atoms with Crippen molar-refractivity contribution in [2.45, 2.75) is 89.9 Å². The summed E-state index contributed by atoms with van der Waals surface area (Å²) >= 11 is 2.21. The lowest BCUT2D eigenvalue weighted by atomic mass is 9.98. The van der Waals surface area contributed by atoms with Gasteiger partial charge in [0.05, 0.1) is 14.2 Å². The normalized spacial score (nSPS) is 14.2. The van der Waals surface area contributed by atoms with Gasteiger partial charge in [0, 0.05) is 24.1 Å². The second-order valence-electron chi connectivity index (χ2n) is 13.6. The zero-order valence-corrected chi connectivity index (χ0v) is 31.7. The Morgan fingerprint density at radius 3 is 1.98 bits per heavy atom. The van der Waals surface area contributed by atoms with Gasteiger partial charge in [-0.05, 0) is 96.9 Å². The van der Waals surface area contributed by atoms with Crippen molar-refractivity contribution in [3.63, 3.8) is 0 Å². The predicted molar refractivity (Wildman–Crippen MR) is 185 cm³/mol. The molecule has 2 rings (SSSR count). The average molecular weight is 757 g/mol. The van der Waals surface area contributed by atoms with Crippen LogP contribution >= 0.6 is 22.6 Å². The van der Waals surface area contributed by atoms with E-state index in [9.17, 15) is 19.5 Å². The molecule has 0 radical (unpaired) electrons. The summed E-state index contributed by atoms with van der Waals surface area (Å²) in [7, 11) is 3.15. The van der Waals surface area contributed by atoms with E-state index in [1.807, 2.05) is 24.3 Å². The number of amides is 2. The minimum absolute atomic E-state index is 0.0344. The van der Waals surface area contributed by atoms with Crippen LogP contribution in [0.3, 0.4) is 0 Å². The third-order valence-electron chi connectivity index (χ3n) is 8.03. The number of phenolic OH excluding ortho intramolecular Hbond substituents is 1. The van der Waals surface area contributed by atoms with E-state index in [0.717, 1.165) is 3.57 Å². The summed E-state index contributed by atoms with van der Waals surface area (Å²) in [6.45, 7) is 15.7. The highest BCUT2D eigenvalue weighted by molar-refractivity contribution is 14.1. The Morgan fingerprint density at radius 2 is 1.51 bits per heavy atom. The molecule has 0 aliphatic heterocycles. The van der Waals surface area contributed by atoms with Crippen LogP contribution in [0.15, 0.2) is 42.5 Å². The van der Waals surface area contributed by atoms with E-state index in [0.29, 0.717) is 11.1 Å². The van der Waals surface area contributed by atoms with Gasteiger partial charge in [-0.2, -0.15) is 0 Å². The van der Waals surface area contributed by atoms with Crippen LogP contribution in [0.4, 0.5) is 4.79 Å². The van der Waals surface area contributed by atoms with Crippen molar-refractivity contribution < 1.29 is 38.1 Å². The molecule has 12 heteroatoms. The van der Waals surface area contributed by atoms with Crippen molar-refractivity contribution in [2.24, 2.45) is 0 Å². The number of phenols is 1. The maximum absolute atomic E-state index is 14.7. The summed E-state index contributed by atoms with van der Waals surface area (Å²) in [6, 6.07) is 10.1. The fraction of sp³-hybridized carbons (Fsp3) is 0.545. The molecular weight excluding hydrogens is 707 g/mol. The molecule has 2 aromatic rings. The summed E-state index contributed by atoms with van der Waals surface area (Å²) in [6.07, 6.45) is -1.57. The molecule has 3 atom stereocenters. The van der Waals surface area contributed by atoms with Gasteiger partial charge in [0.15, 0.2) is 19.8 Å². The second kappa shape index (κ2) is 15.2. The third-order valence-corrected chi connectivity index (χ3v) is 13.2. The number of halogens is 1.